The molecule has 0 saturated carbocycles. The van der Waals surface area contributed by atoms with Gasteiger partial charge in [-0.15, -0.1) is 0 Å². The fourth-order valence-corrected chi connectivity index (χ4v) is 4.65. The summed E-state index contributed by atoms with van der Waals surface area (Å²) in [5.74, 6) is 0.0255. The lowest BCUT2D eigenvalue weighted by Gasteiger charge is -2.25. The van der Waals surface area contributed by atoms with E-state index in [4.69, 9.17) is 0 Å². The molecular weight excluding hydrogens is 372 g/mol. The number of hydrogen-bond acceptors (Lipinski definition) is 3. The number of carbonyl (C=O) groups is 1. The molecule has 3 rings (SSSR count). The molecule has 1 heterocycles. The molecule has 0 N–H and O–H groups in total. The second-order valence-electron chi connectivity index (χ2n) is 7.39. The molecule has 0 bridgehead atoms. The van der Waals surface area contributed by atoms with Crippen molar-refractivity contribution in [2.75, 3.05) is 24.4 Å². The van der Waals surface area contributed by atoms with Gasteiger partial charge in [0.1, 0.15) is 0 Å². The van der Waals surface area contributed by atoms with Crippen molar-refractivity contribution in [1.82, 2.24) is 4.90 Å². The van der Waals surface area contributed by atoms with Gasteiger partial charge in [0.05, 0.1) is 10.6 Å². The zero-order chi connectivity index (χ0) is 20.1. The van der Waals surface area contributed by atoms with Crippen LogP contribution in [0.1, 0.15) is 48.0 Å². The summed E-state index contributed by atoms with van der Waals surface area (Å²) in [6.45, 7) is 3.51. The van der Waals surface area contributed by atoms with Crippen molar-refractivity contribution in [2.24, 2.45) is 0 Å². The Bertz CT molecular complexity index is 898. The number of carbonyl (C=O) groups excluding carboxylic acids is 1. The third-order valence-corrected chi connectivity index (χ3v) is 7.10. The van der Waals surface area contributed by atoms with E-state index in [0.717, 1.165) is 31.5 Å². The van der Waals surface area contributed by atoms with E-state index < -0.39 is 10.0 Å². The first-order chi connectivity index (χ1) is 13.4. The van der Waals surface area contributed by atoms with E-state index in [9.17, 15) is 13.2 Å². The van der Waals surface area contributed by atoms with Crippen LogP contribution < -0.4 is 4.31 Å². The maximum absolute atomic E-state index is 12.8. The smallest absolute Gasteiger partial charge is 0.264 e. The Labute approximate surface area is 168 Å². The average molecular weight is 401 g/mol. The maximum atomic E-state index is 12.8. The summed E-state index contributed by atoms with van der Waals surface area (Å²) in [4.78, 5) is 15.0. The van der Waals surface area contributed by atoms with E-state index in [0.29, 0.717) is 11.3 Å². The molecule has 1 aliphatic rings. The van der Waals surface area contributed by atoms with Gasteiger partial charge in [-0.05, 0) is 56.2 Å². The Kier molecular flexibility index (Phi) is 6.39. The van der Waals surface area contributed by atoms with Crippen LogP contribution in [-0.2, 0) is 10.0 Å². The highest BCUT2D eigenvalue weighted by molar-refractivity contribution is 7.92. The molecule has 0 radical (unpaired) electrons. The van der Waals surface area contributed by atoms with E-state index in [2.05, 4.69) is 0 Å². The highest BCUT2D eigenvalue weighted by atomic mass is 32.2. The number of hydrogen-bond donors (Lipinski definition) is 0. The molecular formula is C22H28N2O3S. The van der Waals surface area contributed by atoms with Gasteiger partial charge in [-0.2, -0.15) is 0 Å². The van der Waals surface area contributed by atoms with Crippen LogP contribution in [-0.4, -0.2) is 39.4 Å². The lowest BCUT2D eigenvalue weighted by Crippen LogP contribution is -2.33. The molecule has 1 amide bonds. The van der Waals surface area contributed by atoms with Crippen molar-refractivity contribution in [3.8, 4) is 0 Å². The van der Waals surface area contributed by atoms with Crippen LogP contribution in [0, 0.1) is 6.92 Å². The van der Waals surface area contributed by atoms with E-state index in [1.807, 2.05) is 11.8 Å². The van der Waals surface area contributed by atoms with E-state index >= 15 is 0 Å². The molecule has 1 aliphatic heterocycles. The third kappa shape index (κ3) is 4.55. The number of amides is 1. The van der Waals surface area contributed by atoms with Gasteiger partial charge in [-0.25, -0.2) is 8.42 Å². The molecule has 0 spiro atoms. The van der Waals surface area contributed by atoms with E-state index in [1.165, 1.54) is 30.6 Å². The Morgan fingerprint density at radius 1 is 0.857 bits per heavy atom. The predicted octanol–water partition coefficient (Wildman–Crippen LogP) is 4.23. The van der Waals surface area contributed by atoms with Crippen molar-refractivity contribution in [3.63, 3.8) is 0 Å². The molecule has 28 heavy (non-hydrogen) atoms. The monoisotopic (exact) mass is 400 g/mol. The third-order valence-electron chi connectivity index (χ3n) is 5.30. The number of aryl methyl sites for hydroxylation is 1. The molecule has 150 valence electrons. The molecule has 0 aromatic heterocycles. The van der Waals surface area contributed by atoms with Crippen molar-refractivity contribution >= 4 is 21.6 Å². The normalized spacial score (nSPS) is 15.6. The highest BCUT2D eigenvalue weighted by Crippen LogP contribution is 2.23. The first kappa shape index (κ1) is 20.4. The molecule has 0 aliphatic carbocycles. The van der Waals surface area contributed by atoms with Crippen LogP contribution in [0.4, 0.5) is 5.69 Å². The van der Waals surface area contributed by atoms with Gasteiger partial charge in [0.15, 0.2) is 0 Å². The standard InChI is InChI=1S/C22H28N2O3S/c1-18-8-14-21(15-9-18)28(26,27)23(2)20-12-10-19(11-13-20)22(25)24-16-6-4-3-5-7-17-24/h8-15H,3-7,16-17H2,1-2H3. The predicted molar refractivity (Wildman–Crippen MR) is 112 cm³/mol. The molecule has 1 saturated heterocycles. The summed E-state index contributed by atoms with van der Waals surface area (Å²) in [5.41, 5.74) is 2.14. The summed E-state index contributed by atoms with van der Waals surface area (Å²) in [6.07, 6.45) is 5.68. The molecule has 0 atom stereocenters. The lowest BCUT2D eigenvalue weighted by atomic mass is 10.1. The molecule has 2 aromatic rings. The number of rotatable bonds is 4. The molecule has 1 fully saturated rings. The van der Waals surface area contributed by atoms with Crippen molar-refractivity contribution in [2.45, 2.75) is 43.9 Å². The fraction of sp³-hybridized carbons (Fsp3) is 0.409. The summed E-state index contributed by atoms with van der Waals surface area (Å²) in [7, 11) is -2.10. The van der Waals surface area contributed by atoms with Crippen LogP contribution in [0.5, 0.6) is 0 Å². The number of nitrogens with zero attached hydrogens (tertiary/aromatic N) is 2. The van der Waals surface area contributed by atoms with Crippen LogP contribution in [0.25, 0.3) is 0 Å². The molecule has 5 nitrogen and oxygen atoms in total. The van der Waals surface area contributed by atoms with Crippen LogP contribution in [0.3, 0.4) is 0 Å². The molecule has 0 unspecified atom stereocenters. The second kappa shape index (κ2) is 8.78. The van der Waals surface area contributed by atoms with Crippen LogP contribution >= 0.6 is 0 Å². The number of likely N-dealkylation sites (tertiary alicyclic amines) is 1. The Morgan fingerprint density at radius 2 is 1.39 bits per heavy atom. The Balaban J connectivity index is 1.75. The topological polar surface area (TPSA) is 57.7 Å². The van der Waals surface area contributed by atoms with Gasteiger partial charge in [0.25, 0.3) is 15.9 Å². The first-order valence-corrected chi connectivity index (χ1v) is 11.3. The first-order valence-electron chi connectivity index (χ1n) is 9.84. The minimum atomic E-state index is -3.63. The number of anilines is 1. The number of benzene rings is 2. The highest BCUT2D eigenvalue weighted by Gasteiger charge is 2.22. The Hall–Kier alpha value is -2.34. The van der Waals surface area contributed by atoms with Gasteiger partial charge in [-0.3, -0.25) is 9.10 Å². The number of sulfonamides is 1. The minimum Gasteiger partial charge on any atom is -0.339 e. The van der Waals surface area contributed by atoms with Gasteiger partial charge < -0.3 is 4.90 Å². The van der Waals surface area contributed by atoms with Gasteiger partial charge >= 0.3 is 0 Å². The average Bonchev–Trinajstić information content (AvgIpc) is 2.67. The maximum Gasteiger partial charge on any atom is 0.264 e. The van der Waals surface area contributed by atoms with Gasteiger partial charge in [0, 0.05) is 25.7 Å². The summed E-state index contributed by atoms with van der Waals surface area (Å²) < 4.78 is 26.9. The zero-order valence-corrected chi connectivity index (χ0v) is 17.4. The van der Waals surface area contributed by atoms with Crippen LogP contribution in [0.15, 0.2) is 53.4 Å². The largest absolute Gasteiger partial charge is 0.339 e. The summed E-state index contributed by atoms with van der Waals surface area (Å²) in [5, 5.41) is 0. The SMILES string of the molecule is Cc1ccc(S(=O)(=O)N(C)c2ccc(C(=O)N3CCCCCCC3)cc2)cc1. The van der Waals surface area contributed by atoms with E-state index in [1.54, 1.807) is 48.5 Å². The second-order valence-corrected chi connectivity index (χ2v) is 9.36. The molecule has 2 aromatic carbocycles. The van der Waals surface area contributed by atoms with Gasteiger partial charge in [-0.1, -0.05) is 37.0 Å². The minimum absolute atomic E-state index is 0.0255. The summed E-state index contributed by atoms with van der Waals surface area (Å²) in [6, 6.07) is 13.6. The van der Waals surface area contributed by atoms with Gasteiger partial charge in [0.2, 0.25) is 0 Å². The molecule has 6 heteroatoms. The quantitative estimate of drug-likeness (QED) is 0.772. The van der Waals surface area contributed by atoms with Crippen molar-refractivity contribution in [1.29, 1.82) is 0 Å². The van der Waals surface area contributed by atoms with Crippen LogP contribution in [0.2, 0.25) is 0 Å². The lowest BCUT2D eigenvalue weighted by molar-refractivity contribution is 0.0742. The van der Waals surface area contributed by atoms with E-state index in [-0.39, 0.29) is 10.8 Å². The van der Waals surface area contributed by atoms with Crippen molar-refractivity contribution in [3.05, 3.63) is 59.7 Å². The van der Waals surface area contributed by atoms with Crippen molar-refractivity contribution < 1.29 is 13.2 Å². The zero-order valence-electron chi connectivity index (χ0n) is 16.6. The summed E-state index contributed by atoms with van der Waals surface area (Å²) >= 11 is 0. The Morgan fingerprint density at radius 3 is 1.96 bits per heavy atom. The fourth-order valence-electron chi connectivity index (χ4n) is 3.45.